The van der Waals surface area contributed by atoms with Crippen molar-refractivity contribution in [2.45, 2.75) is 64.4 Å². The van der Waals surface area contributed by atoms with Gasteiger partial charge in [-0.05, 0) is 55.7 Å². The van der Waals surface area contributed by atoms with Gasteiger partial charge in [-0.15, -0.1) is 23.4 Å². The lowest BCUT2D eigenvalue weighted by Crippen LogP contribution is -2.30. The van der Waals surface area contributed by atoms with E-state index in [1.54, 1.807) is 12.1 Å². The summed E-state index contributed by atoms with van der Waals surface area (Å²) in [6.45, 7) is 2.94. The van der Waals surface area contributed by atoms with Crippen LogP contribution in [0, 0.1) is 0 Å². The van der Waals surface area contributed by atoms with Crippen LogP contribution in [0.4, 0.5) is 27.1 Å². The molecule has 3 N–H and O–H groups in total. The van der Waals surface area contributed by atoms with Crippen LogP contribution in [-0.4, -0.2) is 49.3 Å². The number of benzene rings is 1. The molecule has 4 aromatic rings. The van der Waals surface area contributed by atoms with Gasteiger partial charge in [0.2, 0.25) is 11.0 Å². The summed E-state index contributed by atoms with van der Waals surface area (Å²) in [7, 11) is 0. The molecule has 0 aliphatic carbocycles. The van der Waals surface area contributed by atoms with Crippen LogP contribution < -0.4 is 15.4 Å². The molecule has 0 bridgehead atoms. The van der Waals surface area contributed by atoms with Gasteiger partial charge < -0.3 is 15.4 Å². The smallest absolute Gasteiger partial charge is 0.406 e. The molecule has 0 aliphatic rings. The van der Waals surface area contributed by atoms with E-state index in [0.29, 0.717) is 21.8 Å². The number of aromatic amines is 1. The number of carbonyl (C=O) groups excluding carboxylic acids is 2. The third-order valence-corrected chi connectivity index (χ3v) is 6.90. The van der Waals surface area contributed by atoms with E-state index in [2.05, 4.69) is 35.7 Å². The highest BCUT2D eigenvalue weighted by atomic mass is 32.1. The van der Waals surface area contributed by atoms with E-state index in [4.69, 9.17) is 0 Å². The van der Waals surface area contributed by atoms with Crippen molar-refractivity contribution >= 4 is 28.3 Å². The molecule has 0 fully saturated rings. The number of aryl methyl sites for hydroxylation is 1. The van der Waals surface area contributed by atoms with Crippen molar-refractivity contribution in [3.8, 4) is 5.75 Å². The fraction of sp³-hybridized carbons (Fsp3) is 0.370. The molecule has 4 rings (SSSR count). The van der Waals surface area contributed by atoms with E-state index < -0.39 is 35.8 Å². The number of aromatic nitrogens is 5. The Kier molecular flexibility index (Phi) is 9.78. The topological polar surface area (TPSA) is 127 Å². The third-order valence-electron chi connectivity index (χ3n) is 6.00. The van der Waals surface area contributed by atoms with Crippen LogP contribution in [0.3, 0.4) is 0 Å². The maximum Gasteiger partial charge on any atom is 0.573 e. The minimum atomic E-state index is -4.84. The van der Waals surface area contributed by atoms with E-state index in [-0.39, 0.29) is 43.2 Å². The summed E-state index contributed by atoms with van der Waals surface area (Å²) in [6, 6.07) is 8.23. The van der Waals surface area contributed by atoms with Crippen molar-refractivity contribution < 1.29 is 36.3 Å². The number of pyridine rings is 1. The van der Waals surface area contributed by atoms with Gasteiger partial charge in [-0.1, -0.05) is 23.5 Å². The number of nitrogens with one attached hydrogen (secondary N) is 3. The molecule has 0 saturated carbocycles. The summed E-state index contributed by atoms with van der Waals surface area (Å²) in [6.07, 6.45) is -3.02. The zero-order valence-electron chi connectivity index (χ0n) is 23.0. The number of H-pyrrole nitrogens is 1. The second kappa shape index (κ2) is 13.3. The first kappa shape index (κ1) is 31.6. The molecule has 0 radical (unpaired) electrons. The van der Waals surface area contributed by atoms with E-state index in [9.17, 15) is 31.5 Å². The molecule has 0 saturated heterocycles. The van der Waals surface area contributed by atoms with Gasteiger partial charge in [0.15, 0.2) is 0 Å². The van der Waals surface area contributed by atoms with E-state index >= 15 is 0 Å². The quantitative estimate of drug-likeness (QED) is 0.174. The Morgan fingerprint density at radius 3 is 2.63 bits per heavy atom. The number of rotatable bonds is 13. The first-order valence-electron chi connectivity index (χ1n) is 13.0. The zero-order chi connectivity index (χ0) is 31.2. The Balaban J connectivity index is 1.17. The van der Waals surface area contributed by atoms with Crippen LogP contribution >= 0.6 is 11.3 Å². The van der Waals surface area contributed by atoms with Gasteiger partial charge >= 0.3 is 6.36 Å². The zero-order valence-corrected chi connectivity index (χ0v) is 23.9. The number of carbonyl (C=O) groups is 2. The molecule has 10 nitrogen and oxygen atoms in total. The molecule has 16 heteroatoms. The maximum atomic E-state index is 14.5. The van der Waals surface area contributed by atoms with Crippen molar-refractivity contribution in [2.75, 3.05) is 5.32 Å². The molecular weight excluding hydrogens is 597 g/mol. The third kappa shape index (κ3) is 9.87. The van der Waals surface area contributed by atoms with Crippen molar-refractivity contribution in [2.24, 2.45) is 0 Å². The first-order chi connectivity index (χ1) is 20.2. The number of amides is 2. The van der Waals surface area contributed by atoms with E-state index in [0.717, 1.165) is 23.5 Å². The summed E-state index contributed by atoms with van der Waals surface area (Å²) >= 11 is 1.06. The Hall–Kier alpha value is -4.34. The predicted molar refractivity (Wildman–Crippen MR) is 147 cm³/mol. The van der Waals surface area contributed by atoms with E-state index in [1.807, 2.05) is 0 Å². The Morgan fingerprint density at radius 2 is 1.91 bits per heavy atom. The molecule has 0 aliphatic heterocycles. The fourth-order valence-electron chi connectivity index (χ4n) is 3.92. The molecule has 2 amide bonds. The second-order valence-electron chi connectivity index (χ2n) is 10.1. The van der Waals surface area contributed by atoms with Crippen molar-refractivity contribution in [1.29, 1.82) is 0 Å². The van der Waals surface area contributed by atoms with Crippen molar-refractivity contribution in [1.82, 2.24) is 30.3 Å². The van der Waals surface area contributed by atoms with Gasteiger partial charge in [-0.25, -0.2) is 8.78 Å². The number of hydrogen-bond donors (Lipinski definition) is 3. The summed E-state index contributed by atoms with van der Waals surface area (Å²) in [5.41, 5.74) is -0.0258. The van der Waals surface area contributed by atoms with Gasteiger partial charge in [0, 0.05) is 12.6 Å². The molecular formula is C27H28F5N7O3S. The molecule has 1 atom stereocenters. The molecule has 1 unspecified atom stereocenters. The number of hydrogen-bond acceptors (Lipinski definition) is 7. The second-order valence-corrected chi connectivity index (χ2v) is 11.1. The lowest BCUT2D eigenvalue weighted by molar-refractivity contribution is -0.274. The molecule has 230 valence electrons. The summed E-state index contributed by atoms with van der Waals surface area (Å²) in [5, 5.41) is 16.4. The predicted octanol–water partition coefficient (Wildman–Crippen LogP) is 5.25. The van der Waals surface area contributed by atoms with Gasteiger partial charge in [0.1, 0.15) is 28.3 Å². The van der Waals surface area contributed by atoms with Gasteiger partial charge in [0.25, 0.3) is 5.91 Å². The molecule has 0 spiro atoms. The van der Waals surface area contributed by atoms with Crippen LogP contribution in [0.1, 0.15) is 52.6 Å². The standard InChI is InChI=1S/C27H28F5N7O3S/c1-26(2,29)17-8-9-33-19(12-17)13-34-24(41)21-15-39(38-21)14-18(28)6-7-23-36-37-25(43-23)35-22(40)11-16-4-3-5-20(10-16)42-27(30,31)32/h3-5,8-10,12,15,18,38H,6-7,11,13-14H2,1-2H3,(H,34,41)(H,35,37,40). The average Bonchev–Trinajstić information content (AvgIpc) is 3.33. The lowest BCUT2D eigenvalue weighted by atomic mass is 10.0. The highest BCUT2D eigenvalue weighted by Gasteiger charge is 2.31. The Morgan fingerprint density at radius 1 is 1.14 bits per heavy atom. The van der Waals surface area contributed by atoms with Gasteiger partial charge in [-0.3, -0.25) is 24.4 Å². The Labute approximate surface area is 246 Å². The molecule has 3 aromatic heterocycles. The van der Waals surface area contributed by atoms with Crippen LogP contribution in [-0.2, 0) is 36.4 Å². The molecule has 1 aromatic carbocycles. The monoisotopic (exact) mass is 625 g/mol. The minimum Gasteiger partial charge on any atom is -0.406 e. The van der Waals surface area contributed by atoms with E-state index in [1.165, 1.54) is 43.1 Å². The summed E-state index contributed by atoms with van der Waals surface area (Å²) in [5.74, 6) is -1.36. The minimum absolute atomic E-state index is 0.0223. The van der Waals surface area contributed by atoms with Crippen molar-refractivity contribution in [3.05, 3.63) is 76.3 Å². The highest BCUT2D eigenvalue weighted by molar-refractivity contribution is 7.15. The summed E-state index contributed by atoms with van der Waals surface area (Å²) < 4.78 is 71.2. The number of nitrogens with zero attached hydrogens (tertiary/aromatic N) is 4. The average molecular weight is 626 g/mol. The SMILES string of the molecule is CC(C)(F)c1ccnc(CNC(=O)c2cn(CC(F)CCc3nnc(NC(=O)Cc4cccc(OC(F)(F)F)c4)s3)[nH]2)c1. The Bertz CT molecular complexity index is 1530. The normalized spacial score (nSPS) is 12.6. The van der Waals surface area contributed by atoms with Crippen LogP contribution in [0.5, 0.6) is 5.75 Å². The maximum absolute atomic E-state index is 14.5. The van der Waals surface area contributed by atoms with Crippen LogP contribution in [0.15, 0.2) is 48.8 Å². The van der Waals surface area contributed by atoms with Gasteiger partial charge in [-0.2, -0.15) is 0 Å². The van der Waals surface area contributed by atoms with Crippen LogP contribution in [0.25, 0.3) is 0 Å². The molecule has 43 heavy (non-hydrogen) atoms. The molecule has 3 heterocycles. The number of alkyl halides is 5. The summed E-state index contributed by atoms with van der Waals surface area (Å²) in [4.78, 5) is 28.7. The van der Waals surface area contributed by atoms with Crippen LogP contribution in [0.2, 0.25) is 0 Å². The lowest BCUT2D eigenvalue weighted by Gasteiger charge is -2.18. The number of ether oxygens (including phenoxy) is 1. The fourth-order valence-corrected chi connectivity index (χ4v) is 4.69. The first-order valence-corrected chi connectivity index (χ1v) is 13.8. The van der Waals surface area contributed by atoms with Gasteiger partial charge in [0.05, 0.1) is 31.4 Å². The number of halogens is 5. The number of anilines is 1. The largest absolute Gasteiger partial charge is 0.573 e. The highest BCUT2D eigenvalue weighted by Crippen LogP contribution is 2.25. The van der Waals surface area contributed by atoms with Crippen molar-refractivity contribution in [3.63, 3.8) is 0 Å².